The second-order valence-electron chi connectivity index (χ2n) is 4.57. The first-order valence-corrected chi connectivity index (χ1v) is 6.50. The molecule has 96 valence electrons. The van der Waals surface area contributed by atoms with E-state index in [9.17, 15) is 0 Å². The van der Waals surface area contributed by atoms with Gasteiger partial charge < -0.3 is 5.32 Å². The lowest BCUT2D eigenvalue weighted by Crippen LogP contribution is -2.01. The number of hydrogen-bond acceptors (Lipinski definition) is 2. The molecule has 0 aliphatic rings. The highest BCUT2D eigenvalue weighted by molar-refractivity contribution is 5.78. The van der Waals surface area contributed by atoms with Crippen LogP contribution in [0.25, 0.3) is 10.9 Å². The number of para-hydroxylation sites is 1. The van der Waals surface area contributed by atoms with Crippen LogP contribution in [0.2, 0.25) is 0 Å². The van der Waals surface area contributed by atoms with Gasteiger partial charge in [-0.25, -0.2) is 0 Å². The molecule has 3 aromatic rings. The lowest BCUT2D eigenvalue weighted by atomic mass is 10.2. The van der Waals surface area contributed by atoms with Crippen LogP contribution in [0.5, 0.6) is 0 Å². The molecule has 0 spiro atoms. The topological polar surface area (TPSA) is 24.9 Å². The van der Waals surface area contributed by atoms with E-state index in [-0.39, 0.29) is 0 Å². The van der Waals surface area contributed by atoms with Crippen LogP contribution in [0.1, 0.15) is 11.3 Å². The van der Waals surface area contributed by atoms with Crippen molar-refractivity contribution in [3.05, 3.63) is 71.9 Å². The van der Waals surface area contributed by atoms with E-state index in [0.717, 1.165) is 27.8 Å². The summed E-state index contributed by atoms with van der Waals surface area (Å²) in [7, 11) is 0. The molecule has 0 radical (unpaired) electrons. The fourth-order valence-electron chi connectivity index (χ4n) is 2.12. The number of benzene rings is 2. The normalized spacial score (nSPS) is 10.2. The second kappa shape index (κ2) is 5.46. The van der Waals surface area contributed by atoms with Gasteiger partial charge in [-0.1, -0.05) is 36.3 Å². The van der Waals surface area contributed by atoms with E-state index < -0.39 is 0 Å². The number of anilines is 1. The average Bonchev–Trinajstić information content (AvgIpc) is 2.53. The number of hydrogen-bond donors (Lipinski definition) is 1. The van der Waals surface area contributed by atoms with Crippen molar-refractivity contribution in [1.29, 1.82) is 0 Å². The summed E-state index contributed by atoms with van der Waals surface area (Å²) in [5.74, 6) is 2.63. The minimum absolute atomic E-state index is 0.679. The maximum absolute atomic E-state index is 5.40. The minimum atomic E-state index is 0.679. The zero-order valence-corrected chi connectivity index (χ0v) is 11.0. The first-order chi connectivity index (χ1) is 9.85. The van der Waals surface area contributed by atoms with Gasteiger partial charge in [-0.15, -0.1) is 6.42 Å². The Morgan fingerprint density at radius 3 is 2.80 bits per heavy atom. The summed E-state index contributed by atoms with van der Waals surface area (Å²) < 4.78 is 0. The summed E-state index contributed by atoms with van der Waals surface area (Å²) in [5.41, 5.74) is 3.91. The SMILES string of the molecule is C#Cc1cccc(NCc2ccc3ccccc3n2)c1. The Balaban J connectivity index is 1.78. The van der Waals surface area contributed by atoms with Crippen molar-refractivity contribution >= 4 is 16.6 Å². The summed E-state index contributed by atoms with van der Waals surface area (Å²) in [6, 6.07) is 20.1. The molecule has 0 unspecified atom stereocenters. The van der Waals surface area contributed by atoms with Gasteiger partial charge in [-0.3, -0.25) is 4.98 Å². The molecule has 0 bridgehead atoms. The maximum Gasteiger partial charge on any atom is 0.0706 e. The van der Waals surface area contributed by atoms with Gasteiger partial charge in [0.25, 0.3) is 0 Å². The summed E-state index contributed by atoms with van der Waals surface area (Å²) >= 11 is 0. The van der Waals surface area contributed by atoms with Gasteiger partial charge in [0, 0.05) is 16.6 Å². The zero-order valence-electron chi connectivity index (χ0n) is 11.0. The van der Waals surface area contributed by atoms with Crippen LogP contribution >= 0.6 is 0 Å². The van der Waals surface area contributed by atoms with Crippen molar-refractivity contribution in [2.24, 2.45) is 0 Å². The predicted molar refractivity (Wildman–Crippen MR) is 83.4 cm³/mol. The van der Waals surface area contributed by atoms with Crippen molar-refractivity contribution in [2.45, 2.75) is 6.54 Å². The number of aromatic nitrogens is 1. The van der Waals surface area contributed by atoms with Crippen molar-refractivity contribution in [1.82, 2.24) is 4.98 Å². The van der Waals surface area contributed by atoms with Crippen LogP contribution in [0.3, 0.4) is 0 Å². The van der Waals surface area contributed by atoms with E-state index in [2.05, 4.69) is 28.4 Å². The molecule has 0 saturated carbocycles. The largest absolute Gasteiger partial charge is 0.379 e. The van der Waals surface area contributed by atoms with Crippen LogP contribution in [-0.2, 0) is 6.54 Å². The number of nitrogens with one attached hydrogen (secondary N) is 1. The maximum atomic E-state index is 5.40. The van der Waals surface area contributed by atoms with Gasteiger partial charge in [0.05, 0.1) is 17.8 Å². The molecule has 0 saturated heterocycles. The average molecular weight is 258 g/mol. The molecule has 2 heteroatoms. The Labute approximate surface area is 118 Å². The van der Waals surface area contributed by atoms with Crippen molar-refractivity contribution in [3.63, 3.8) is 0 Å². The molecule has 3 rings (SSSR count). The fraction of sp³-hybridized carbons (Fsp3) is 0.0556. The quantitative estimate of drug-likeness (QED) is 0.722. The third-order valence-electron chi connectivity index (χ3n) is 3.16. The highest BCUT2D eigenvalue weighted by Gasteiger charge is 1.99. The predicted octanol–water partition coefficient (Wildman–Crippen LogP) is 3.83. The monoisotopic (exact) mass is 258 g/mol. The molecule has 2 aromatic carbocycles. The molecule has 0 fully saturated rings. The van der Waals surface area contributed by atoms with E-state index in [4.69, 9.17) is 6.42 Å². The third-order valence-corrected chi connectivity index (χ3v) is 3.16. The number of nitrogens with zero attached hydrogens (tertiary/aromatic N) is 1. The molecule has 2 nitrogen and oxygen atoms in total. The molecular formula is C18H14N2. The van der Waals surface area contributed by atoms with Gasteiger partial charge in [-0.2, -0.15) is 0 Å². The Kier molecular flexibility index (Phi) is 3.34. The van der Waals surface area contributed by atoms with Gasteiger partial charge in [0.1, 0.15) is 0 Å². The Hall–Kier alpha value is -2.79. The second-order valence-corrected chi connectivity index (χ2v) is 4.57. The Morgan fingerprint density at radius 2 is 1.90 bits per heavy atom. The molecular weight excluding hydrogens is 244 g/mol. The van der Waals surface area contributed by atoms with Gasteiger partial charge in [0.15, 0.2) is 0 Å². The van der Waals surface area contributed by atoms with E-state index >= 15 is 0 Å². The standard InChI is InChI=1S/C18H14N2/c1-2-14-6-5-8-16(12-14)19-13-17-11-10-15-7-3-4-9-18(15)20-17/h1,3-12,19H,13H2. The van der Waals surface area contributed by atoms with E-state index in [0.29, 0.717) is 6.54 Å². The van der Waals surface area contributed by atoms with Crippen LogP contribution in [0.4, 0.5) is 5.69 Å². The molecule has 20 heavy (non-hydrogen) atoms. The molecule has 0 atom stereocenters. The molecule has 1 aromatic heterocycles. The van der Waals surface area contributed by atoms with E-state index in [1.807, 2.05) is 48.5 Å². The number of fused-ring (bicyclic) bond motifs is 1. The Bertz CT molecular complexity index is 785. The molecule has 0 aliphatic heterocycles. The lowest BCUT2D eigenvalue weighted by Gasteiger charge is -2.07. The zero-order chi connectivity index (χ0) is 13.8. The lowest BCUT2D eigenvalue weighted by molar-refractivity contribution is 1.07. The highest BCUT2D eigenvalue weighted by atomic mass is 14.9. The molecule has 0 amide bonds. The number of pyridine rings is 1. The van der Waals surface area contributed by atoms with Gasteiger partial charge in [0.2, 0.25) is 0 Å². The molecule has 1 N–H and O–H groups in total. The van der Waals surface area contributed by atoms with Crippen molar-refractivity contribution in [2.75, 3.05) is 5.32 Å². The van der Waals surface area contributed by atoms with E-state index in [1.165, 1.54) is 0 Å². The number of rotatable bonds is 3. The summed E-state index contributed by atoms with van der Waals surface area (Å²) in [4.78, 5) is 4.63. The van der Waals surface area contributed by atoms with Crippen LogP contribution < -0.4 is 5.32 Å². The summed E-state index contributed by atoms with van der Waals surface area (Å²) in [6.07, 6.45) is 5.40. The highest BCUT2D eigenvalue weighted by Crippen LogP contribution is 2.14. The van der Waals surface area contributed by atoms with E-state index in [1.54, 1.807) is 0 Å². The Morgan fingerprint density at radius 1 is 1.00 bits per heavy atom. The third kappa shape index (κ3) is 2.62. The summed E-state index contributed by atoms with van der Waals surface area (Å²) in [6.45, 7) is 0.679. The molecule has 0 aliphatic carbocycles. The first-order valence-electron chi connectivity index (χ1n) is 6.50. The summed E-state index contributed by atoms with van der Waals surface area (Å²) in [5, 5.41) is 4.50. The number of terminal acetylenes is 1. The van der Waals surface area contributed by atoms with Gasteiger partial charge >= 0.3 is 0 Å². The van der Waals surface area contributed by atoms with Crippen LogP contribution in [0.15, 0.2) is 60.7 Å². The van der Waals surface area contributed by atoms with Crippen molar-refractivity contribution in [3.8, 4) is 12.3 Å². The van der Waals surface area contributed by atoms with Gasteiger partial charge in [-0.05, 0) is 30.3 Å². The fourth-order valence-corrected chi connectivity index (χ4v) is 2.12. The first kappa shape index (κ1) is 12.3. The molecule has 1 heterocycles. The minimum Gasteiger partial charge on any atom is -0.379 e. The van der Waals surface area contributed by atoms with Crippen LogP contribution in [-0.4, -0.2) is 4.98 Å². The smallest absolute Gasteiger partial charge is 0.0706 e. The van der Waals surface area contributed by atoms with Crippen molar-refractivity contribution < 1.29 is 0 Å². The van der Waals surface area contributed by atoms with Crippen LogP contribution in [0, 0.1) is 12.3 Å².